The van der Waals surface area contributed by atoms with Crippen molar-refractivity contribution in [2.45, 2.75) is 0 Å². The van der Waals surface area contributed by atoms with Crippen LogP contribution in [-0.2, 0) is 0 Å². The summed E-state index contributed by atoms with van der Waals surface area (Å²) in [7, 11) is 0. The normalized spacial score (nSPS) is 10.1. The molecule has 1 amide bonds. The van der Waals surface area contributed by atoms with Gasteiger partial charge in [-0.1, -0.05) is 24.3 Å². The van der Waals surface area contributed by atoms with Crippen molar-refractivity contribution >= 4 is 6.09 Å². The Bertz CT molecular complexity index is 599. The van der Waals surface area contributed by atoms with E-state index in [1.54, 1.807) is 24.3 Å². The molecule has 0 radical (unpaired) electrons. The average Bonchev–Trinajstić information content (AvgIpc) is 2.33. The Morgan fingerprint density at radius 1 is 1.22 bits per heavy atom. The number of carbonyl (C=O) groups excluding carboxylic acids is 1. The van der Waals surface area contributed by atoms with E-state index in [0.717, 1.165) is 6.07 Å². The number of benzene rings is 2. The molecule has 2 aromatic carbocycles. The Balaban J connectivity index is 2.49. The Morgan fingerprint density at radius 3 is 2.61 bits per heavy atom. The molecular weight excluding hydrogens is 237 g/mol. The number of aromatic hydroxyl groups is 1. The number of hydrogen-bond acceptors (Lipinski definition) is 3. The Hall–Kier alpha value is -2.56. The number of halogens is 1. The second-order valence-corrected chi connectivity index (χ2v) is 3.58. The highest BCUT2D eigenvalue weighted by atomic mass is 19.1. The third-order valence-corrected chi connectivity index (χ3v) is 2.36. The molecule has 0 bridgehead atoms. The number of amides is 1. The fourth-order valence-corrected chi connectivity index (χ4v) is 1.58. The molecule has 5 heteroatoms. The number of phenols is 1. The first-order chi connectivity index (χ1) is 8.58. The summed E-state index contributed by atoms with van der Waals surface area (Å²) in [4.78, 5) is 10.8. The number of nitrogens with two attached hydrogens (primary N) is 1. The number of ether oxygens (including phenoxy) is 1. The van der Waals surface area contributed by atoms with E-state index in [4.69, 9.17) is 15.6 Å². The maximum absolute atomic E-state index is 13.3. The molecule has 18 heavy (non-hydrogen) atoms. The van der Waals surface area contributed by atoms with Gasteiger partial charge >= 0.3 is 6.09 Å². The van der Waals surface area contributed by atoms with Crippen molar-refractivity contribution in [1.82, 2.24) is 0 Å². The van der Waals surface area contributed by atoms with Crippen molar-refractivity contribution in [3.63, 3.8) is 0 Å². The van der Waals surface area contributed by atoms with Crippen LogP contribution in [0.25, 0.3) is 11.1 Å². The van der Waals surface area contributed by atoms with Gasteiger partial charge in [0, 0.05) is 5.56 Å². The predicted octanol–water partition coefficient (Wildman–Crippen LogP) is 2.66. The summed E-state index contributed by atoms with van der Waals surface area (Å²) in [6.45, 7) is 0. The molecule has 0 heterocycles. The summed E-state index contributed by atoms with van der Waals surface area (Å²) in [6, 6.07) is 10.5. The van der Waals surface area contributed by atoms with Gasteiger partial charge in [0.1, 0.15) is 5.75 Å². The summed E-state index contributed by atoms with van der Waals surface area (Å²) < 4.78 is 18.1. The number of para-hydroxylation sites is 1. The van der Waals surface area contributed by atoms with Gasteiger partial charge in [0.15, 0.2) is 11.6 Å². The Labute approximate surface area is 102 Å². The van der Waals surface area contributed by atoms with Crippen LogP contribution in [0.1, 0.15) is 0 Å². The van der Waals surface area contributed by atoms with E-state index >= 15 is 0 Å². The van der Waals surface area contributed by atoms with Gasteiger partial charge < -0.3 is 15.6 Å². The minimum Gasteiger partial charge on any atom is -0.505 e. The van der Waals surface area contributed by atoms with Crippen LogP contribution >= 0.6 is 0 Å². The molecule has 2 aromatic rings. The fraction of sp³-hybridized carbons (Fsp3) is 0. The number of primary amides is 1. The van der Waals surface area contributed by atoms with E-state index in [9.17, 15) is 9.18 Å². The molecule has 0 fully saturated rings. The van der Waals surface area contributed by atoms with Gasteiger partial charge in [-0.25, -0.2) is 9.18 Å². The lowest BCUT2D eigenvalue weighted by atomic mass is 10.0. The summed E-state index contributed by atoms with van der Waals surface area (Å²) >= 11 is 0. The first-order valence-electron chi connectivity index (χ1n) is 5.13. The van der Waals surface area contributed by atoms with Crippen molar-refractivity contribution in [3.05, 3.63) is 48.3 Å². The van der Waals surface area contributed by atoms with Crippen LogP contribution in [0.15, 0.2) is 42.5 Å². The van der Waals surface area contributed by atoms with Gasteiger partial charge in [-0.05, 0) is 23.8 Å². The maximum atomic E-state index is 13.3. The van der Waals surface area contributed by atoms with Gasteiger partial charge in [0.05, 0.1) is 0 Å². The number of hydrogen-bond donors (Lipinski definition) is 2. The topological polar surface area (TPSA) is 72.6 Å². The number of carbonyl (C=O) groups is 1. The zero-order chi connectivity index (χ0) is 13.1. The zero-order valence-corrected chi connectivity index (χ0v) is 9.26. The molecule has 0 saturated carbocycles. The minimum atomic E-state index is -0.943. The molecule has 0 spiro atoms. The van der Waals surface area contributed by atoms with Crippen LogP contribution in [-0.4, -0.2) is 11.2 Å². The van der Waals surface area contributed by atoms with Gasteiger partial charge in [0.25, 0.3) is 0 Å². The highest BCUT2D eigenvalue weighted by molar-refractivity contribution is 5.76. The lowest BCUT2D eigenvalue weighted by Crippen LogP contribution is -2.16. The first-order valence-corrected chi connectivity index (χ1v) is 5.13. The SMILES string of the molecule is NC(=O)Oc1ccccc1-c1ccc(O)c(F)c1. The van der Waals surface area contributed by atoms with E-state index in [1.165, 1.54) is 12.1 Å². The first kappa shape index (κ1) is 11.9. The molecular formula is C13H10FNO3. The van der Waals surface area contributed by atoms with Gasteiger partial charge in [-0.15, -0.1) is 0 Å². The molecule has 0 aliphatic heterocycles. The highest BCUT2D eigenvalue weighted by Gasteiger charge is 2.10. The van der Waals surface area contributed by atoms with Crippen LogP contribution in [0.5, 0.6) is 11.5 Å². The zero-order valence-electron chi connectivity index (χ0n) is 9.26. The standard InChI is InChI=1S/C13H10FNO3/c14-10-7-8(5-6-11(10)16)9-3-1-2-4-12(9)18-13(15)17/h1-7,16H,(H2,15,17). The van der Waals surface area contributed by atoms with Gasteiger partial charge in [0.2, 0.25) is 0 Å². The fourth-order valence-electron chi connectivity index (χ4n) is 1.58. The predicted molar refractivity (Wildman–Crippen MR) is 63.7 cm³/mol. The van der Waals surface area contributed by atoms with Crippen LogP contribution in [0.3, 0.4) is 0 Å². The largest absolute Gasteiger partial charge is 0.505 e. The Kier molecular flexibility index (Phi) is 3.14. The summed E-state index contributed by atoms with van der Waals surface area (Å²) in [5, 5.41) is 9.12. The minimum absolute atomic E-state index is 0.232. The second kappa shape index (κ2) is 4.75. The van der Waals surface area contributed by atoms with Crippen molar-refractivity contribution in [1.29, 1.82) is 0 Å². The lowest BCUT2D eigenvalue weighted by Gasteiger charge is -2.08. The third kappa shape index (κ3) is 2.40. The monoisotopic (exact) mass is 247 g/mol. The maximum Gasteiger partial charge on any atom is 0.409 e. The molecule has 0 aromatic heterocycles. The molecule has 2 rings (SSSR count). The molecule has 3 N–H and O–H groups in total. The van der Waals surface area contributed by atoms with E-state index in [1.807, 2.05) is 0 Å². The third-order valence-electron chi connectivity index (χ3n) is 2.36. The molecule has 0 aliphatic carbocycles. The molecule has 4 nitrogen and oxygen atoms in total. The average molecular weight is 247 g/mol. The lowest BCUT2D eigenvalue weighted by molar-refractivity contribution is 0.211. The van der Waals surface area contributed by atoms with Crippen molar-refractivity contribution < 1.29 is 19.0 Å². The van der Waals surface area contributed by atoms with Crippen LogP contribution in [0.4, 0.5) is 9.18 Å². The van der Waals surface area contributed by atoms with Crippen molar-refractivity contribution in [2.24, 2.45) is 5.73 Å². The van der Waals surface area contributed by atoms with Gasteiger partial charge in [-0.2, -0.15) is 0 Å². The molecule has 0 aliphatic rings. The molecule has 0 unspecified atom stereocenters. The molecule has 0 atom stereocenters. The number of rotatable bonds is 2. The molecule has 92 valence electrons. The van der Waals surface area contributed by atoms with Crippen LogP contribution in [0.2, 0.25) is 0 Å². The summed E-state index contributed by atoms with van der Waals surface area (Å²) in [6.07, 6.45) is -0.943. The van der Waals surface area contributed by atoms with Gasteiger partial charge in [-0.3, -0.25) is 0 Å². The van der Waals surface area contributed by atoms with E-state index < -0.39 is 17.7 Å². The summed E-state index contributed by atoms with van der Waals surface area (Å²) in [5.41, 5.74) is 5.93. The second-order valence-electron chi connectivity index (χ2n) is 3.58. The van der Waals surface area contributed by atoms with Crippen LogP contribution < -0.4 is 10.5 Å². The van der Waals surface area contributed by atoms with Crippen molar-refractivity contribution in [2.75, 3.05) is 0 Å². The van der Waals surface area contributed by atoms with E-state index in [2.05, 4.69) is 0 Å². The molecule has 0 saturated heterocycles. The van der Waals surface area contributed by atoms with E-state index in [-0.39, 0.29) is 5.75 Å². The smallest absolute Gasteiger partial charge is 0.409 e. The highest BCUT2D eigenvalue weighted by Crippen LogP contribution is 2.31. The van der Waals surface area contributed by atoms with Crippen molar-refractivity contribution in [3.8, 4) is 22.6 Å². The Morgan fingerprint density at radius 2 is 1.94 bits per heavy atom. The quantitative estimate of drug-likeness (QED) is 0.856. The van der Waals surface area contributed by atoms with Crippen LogP contribution in [0, 0.1) is 5.82 Å². The summed E-state index contributed by atoms with van der Waals surface area (Å²) in [5.74, 6) is -0.955. The number of phenolic OH excluding ortho intramolecular Hbond substituents is 1. The van der Waals surface area contributed by atoms with E-state index in [0.29, 0.717) is 11.1 Å².